The number of anilines is 3. The van der Waals surface area contributed by atoms with Gasteiger partial charge in [-0.1, -0.05) is 19.4 Å². The van der Waals surface area contributed by atoms with Crippen LogP contribution in [0.1, 0.15) is 37.4 Å². The van der Waals surface area contributed by atoms with Crippen molar-refractivity contribution < 1.29 is 0 Å². The Bertz CT molecular complexity index is 714. The van der Waals surface area contributed by atoms with Crippen LogP contribution in [0.3, 0.4) is 0 Å². The van der Waals surface area contributed by atoms with Gasteiger partial charge in [0.05, 0.1) is 11.6 Å². The summed E-state index contributed by atoms with van der Waals surface area (Å²) in [5, 5.41) is 12.3. The fourth-order valence-electron chi connectivity index (χ4n) is 2.83. The highest BCUT2D eigenvalue weighted by atomic mass is 15.2. The highest BCUT2D eigenvalue weighted by Gasteiger charge is 2.15. The lowest BCUT2D eigenvalue weighted by Gasteiger charge is -2.18. The van der Waals surface area contributed by atoms with Crippen LogP contribution in [-0.4, -0.2) is 23.1 Å². The molecule has 2 aromatic rings. The molecule has 0 spiro atoms. The van der Waals surface area contributed by atoms with E-state index in [1.54, 1.807) is 6.07 Å². The van der Waals surface area contributed by atoms with E-state index in [0.29, 0.717) is 11.5 Å². The van der Waals surface area contributed by atoms with E-state index in [0.717, 1.165) is 43.1 Å². The lowest BCUT2D eigenvalue weighted by Crippen LogP contribution is -2.20. The van der Waals surface area contributed by atoms with E-state index in [-0.39, 0.29) is 0 Å². The number of hydrogen-bond acceptors (Lipinski definition) is 5. The van der Waals surface area contributed by atoms with Crippen LogP contribution in [0.4, 0.5) is 17.5 Å². The van der Waals surface area contributed by atoms with Crippen LogP contribution in [0, 0.1) is 11.3 Å². The second kappa shape index (κ2) is 7.10. The number of nitrogens with zero attached hydrogens (tertiary/aromatic N) is 4. The minimum Gasteiger partial charge on any atom is -0.356 e. The molecule has 1 saturated heterocycles. The molecule has 0 saturated carbocycles. The van der Waals surface area contributed by atoms with E-state index in [4.69, 9.17) is 5.26 Å². The lowest BCUT2D eigenvalue weighted by molar-refractivity contribution is 0.859. The summed E-state index contributed by atoms with van der Waals surface area (Å²) in [6.45, 7) is 4.28. The molecule has 3 rings (SSSR count). The Kier molecular flexibility index (Phi) is 4.72. The second-order valence-corrected chi connectivity index (χ2v) is 5.80. The van der Waals surface area contributed by atoms with E-state index < -0.39 is 0 Å². The van der Waals surface area contributed by atoms with Crippen molar-refractivity contribution in [2.24, 2.45) is 0 Å². The van der Waals surface area contributed by atoms with Gasteiger partial charge in [-0.25, -0.2) is 4.98 Å². The summed E-state index contributed by atoms with van der Waals surface area (Å²) in [5.41, 5.74) is 2.52. The summed E-state index contributed by atoms with van der Waals surface area (Å²) in [6, 6.07) is 11.6. The molecule has 1 fully saturated rings. The first-order chi connectivity index (χ1) is 11.3. The van der Waals surface area contributed by atoms with Gasteiger partial charge in [-0.3, -0.25) is 0 Å². The summed E-state index contributed by atoms with van der Waals surface area (Å²) in [7, 11) is 0. The zero-order valence-electron chi connectivity index (χ0n) is 13.4. The molecule has 2 heterocycles. The molecular formula is C18H21N5. The predicted octanol–water partition coefficient (Wildman–Crippen LogP) is 3.64. The Morgan fingerprint density at radius 1 is 1.22 bits per heavy atom. The van der Waals surface area contributed by atoms with Gasteiger partial charge in [0.25, 0.3) is 0 Å². The van der Waals surface area contributed by atoms with Crippen molar-refractivity contribution in [1.82, 2.24) is 9.97 Å². The third kappa shape index (κ3) is 3.78. The first kappa shape index (κ1) is 15.3. The van der Waals surface area contributed by atoms with Gasteiger partial charge in [-0.2, -0.15) is 10.2 Å². The van der Waals surface area contributed by atoms with E-state index in [1.807, 2.05) is 18.2 Å². The maximum absolute atomic E-state index is 9.01. The number of aryl methyl sites for hydroxylation is 1. The predicted molar refractivity (Wildman–Crippen MR) is 91.9 cm³/mol. The normalized spacial score (nSPS) is 13.8. The highest BCUT2D eigenvalue weighted by molar-refractivity contribution is 5.58. The largest absolute Gasteiger partial charge is 0.356 e. The van der Waals surface area contributed by atoms with Gasteiger partial charge in [-0.15, -0.1) is 0 Å². The smallest absolute Gasteiger partial charge is 0.229 e. The van der Waals surface area contributed by atoms with Crippen LogP contribution < -0.4 is 10.2 Å². The molecular weight excluding hydrogens is 286 g/mol. The highest BCUT2D eigenvalue weighted by Crippen LogP contribution is 2.22. The third-order valence-electron chi connectivity index (χ3n) is 3.95. The van der Waals surface area contributed by atoms with E-state index in [2.05, 4.69) is 39.2 Å². The Morgan fingerprint density at radius 3 is 2.78 bits per heavy atom. The number of nitrogens with one attached hydrogen (secondary N) is 1. The van der Waals surface area contributed by atoms with E-state index >= 15 is 0 Å². The second-order valence-electron chi connectivity index (χ2n) is 5.80. The van der Waals surface area contributed by atoms with Crippen LogP contribution in [0.25, 0.3) is 0 Å². The fraction of sp³-hybridized carbons (Fsp3) is 0.389. The molecule has 1 aliphatic rings. The molecule has 0 radical (unpaired) electrons. The van der Waals surface area contributed by atoms with Crippen LogP contribution in [0.2, 0.25) is 0 Å². The van der Waals surface area contributed by atoms with Gasteiger partial charge in [0.1, 0.15) is 5.82 Å². The molecule has 1 N–H and O–H groups in total. The third-order valence-corrected chi connectivity index (χ3v) is 3.95. The Morgan fingerprint density at radius 2 is 2.04 bits per heavy atom. The molecule has 1 aromatic carbocycles. The molecule has 118 valence electrons. The zero-order valence-corrected chi connectivity index (χ0v) is 13.4. The topological polar surface area (TPSA) is 64.8 Å². The van der Waals surface area contributed by atoms with Crippen LogP contribution in [0.5, 0.6) is 0 Å². The van der Waals surface area contributed by atoms with E-state index in [9.17, 15) is 0 Å². The summed E-state index contributed by atoms with van der Waals surface area (Å²) in [6.07, 6.45) is 4.44. The molecule has 23 heavy (non-hydrogen) atoms. The minimum absolute atomic E-state index is 0.605. The minimum atomic E-state index is 0.605. The summed E-state index contributed by atoms with van der Waals surface area (Å²) >= 11 is 0. The summed E-state index contributed by atoms with van der Waals surface area (Å²) in [5.74, 6) is 1.60. The summed E-state index contributed by atoms with van der Waals surface area (Å²) in [4.78, 5) is 11.6. The molecule has 5 heteroatoms. The monoisotopic (exact) mass is 307 g/mol. The van der Waals surface area contributed by atoms with Crippen molar-refractivity contribution in [2.45, 2.75) is 32.6 Å². The van der Waals surface area contributed by atoms with Gasteiger partial charge in [0.15, 0.2) is 0 Å². The molecule has 5 nitrogen and oxygen atoms in total. The standard InChI is InChI=1S/C18H21N5/c1-2-6-15-12-17(23-9-3-4-10-23)22-18(20-15)21-16-8-5-7-14(11-16)13-19/h5,7-8,11-12H,2-4,6,9-10H2,1H3,(H,20,21,22). The first-order valence-corrected chi connectivity index (χ1v) is 8.18. The Balaban J connectivity index is 1.88. The maximum Gasteiger partial charge on any atom is 0.229 e. The van der Waals surface area contributed by atoms with E-state index in [1.165, 1.54) is 12.8 Å². The lowest BCUT2D eigenvalue weighted by atomic mass is 10.2. The molecule has 0 aliphatic carbocycles. The van der Waals surface area contributed by atoms with Crippen molar-refractivity contribution in [2.75, 3.05) is 23.3 Å². The molecule has 0 amide bonds. The average Bonchev–Trinajstić information content (AvgIpc) is 3.10. The Hall–Kier alpha value is -2.61. The van der Waals surface area contributed by atoms with Crippen molar-refractivity contribution >= 4 is 17.5 Å². The van der Waals surface area contributed by atoms with Crippen LogP contribution in [-0.2, 0) is 6.42 Å². The molecule has 0 unspecified atom stereocenters. The summed E-state index contributed by atoms with van der Waals surface area (Å²) < 4.78 is 0. The van der Waals surface area contributed by atoms with Crippen molar-refractivity contribution in [1.29, 1.82) is 5.26 Å². The zero-order chi connectivity index (χ0) is 16.1. The molecule has 1 aromatic heterocycles. The van der Waals surface area contributed by atoms with Gasteiger partial charge >= 0.3 is 0 Å². The van der Waals surface area contributed by atoms with Crippen molar-refractivity contribution in [3.63, 3.8) is 0 Å². The fourth-order valence-corrected chi connectivity index (χ4v) is 2.83. The van der Waals surface area contributed by atoms with Crippen molar-refractivity contribution in [3.8, 4) is 6.07 Å². The van der Waals surface area contributed by atoms with Gasteiger partial charge in [-0.05, 0) is 37.5 Å². The SMILES string of the molecule is CCCc1cc(N2CCCC2)nc(Nc2cccc(C#N)c2)n1. The average molecular weight is 307 g/mol. The molecule has 0 atom stereocenters. The number of hydrogen-bond donors (Lipinski definition) is 1. The number of benzene rings is 1. The van der Waals surface area contributed by atoms with Crippen molar-refractivity contribution in [3.05, 3.63) is 41.6 Å². The number of nitriles is 1. The first-order valence-electron chi connectivity index (χ1n) is 8.18. The maximum atomic E-state index is 9.01. The Labute approximate surface area is 137 Å². The van der Waals surface area contributed by atoms with Gasteiger partial charge in [0.2, 0.25) is 5.95 Å². The number of aromatic nitrogens is 2. The van der Waals surface area contributed by atoms with Gasteiger partial charge in [0, 0.05) is 30.5 Å². The quantitative estimate of drug-likeness (QED) is 0.913. The van der Waals surface area contributed by atoms with Gasteiger partial charge < -0.3 is 10.2 Å². The number of rotatable bonds is 5. The van der Waals surface area contributed by atoms with Crippen LogP contribution in [0.15, 0.2) is 30.3 Å². The molecule has 0 bridgehead atoms. The molecule has 1 aliphatic heterocycles. The van der Waals surface area contributed by atoms with Crippen LogP contribution >= 0.6 is 0 Å².